The topological polar surface area (TPSA) is 12.0 Å². The van der Waals surface area contributed by atoms with Crippen molar-refractivity contribution in [2.75, 3.05) is 6.54 Å². The average molecular weight is 239 g/mol. The van der Waals surface area contributed by atoms with Gasteiger partial charge in [0.1, 0.15) is 0 Å². The van der Waals surface area contributed by atoms with Crippen LogP contribution in [-0.2, 0) is 0 Å². The van der Waals surface area contributed by atoms with Gasteiger partial charge in [-0.05, 0) is 44.1 Å². The lowest BCUT2D eigenvalue weighted by Crippen LogP contribution is -2.38. The fraction of sp³-hybridized carbons (Fsp3) is 1.00. The molecule has 0 bridgehead atoms. The second kappa shape index (κ2) is 8.97. The van der Waals surface area contributed by atoms with Crippen molar-refractivity contribution < 1.29 is 0 Å². The lowest BCUT2D eigenvalue weighted by molar-refractivity contribution is 0.206. The first kappa shape index (κ1) is 15.0. The molecule has 1 rings (SSSR count). The van der Waals surface area contributed by atoms with Crippen molar-refractivity contribution in [1.82, 2.24) is 5.32 Å². The molecule has 1 atom stereocenters. The van der Waals surface area contributed by atoms with Gasteiger partial charge in [-0.2, -0.15) is 0 Å². The van der Waals surface area contributed by atoms with Crippen molar-refractivity contribution in [2.45, 2.75) is 84.6 Å². The molecule has 17 heavy (non-hydrogen) atoms. The Morgan fingerprint density at radius 1 is 0.941 bits per heavy atom. The largest absolute Gasteiger partial charge is 0.314 e. The molecule has 0 aromatic heterocycles. The molecule has 1 nitrogen and oxygen atoms in total. The van der Waals surface area contributed by atoms with Gasteiger partial charge in [0.15, 0.2) is 0 Å². The Balaban J connectivity index is 2.31. The Morgan fingerprint density at radius 3 is 2.18 bits per heavy atom. The van der Waals surface area contributed by atoms with Crippen molar-refractivity contribution in [3.8, 4) is 0 Å². The van der Waals surface area contributed by atoms with E-state index in [2.05, 4.69) is 26.1 Å². The minimum absolute atomic E-state index is 0.808. The van der Waals surface area contributed by atoms with E-state index in [-0.39, 0.29) is 0 Å². The van der Waals surface area contributed by atoms with Crippen LogP contribution in [-0.4, -0.2) is 12.6 Å². The van der Waals surface area contributed by atoms with E-state index in [1.165, 1.54) is 64.3 Å². The Kier molecular flexibility index (Phi) is 7.92. The molecular weight excluding hydrogens is 206 g/mol. The van der Waals surface area contributed by atoms with Gasteiger partial charge in [0.25, 0.3) is 0 Å². The minimum Gasteiger partial charge on any atom is -0.314 e. The lowest BCUT2D eigenvalue weighted by Gasteiger charge is -2.34. The van der Waals surface area contributed by atoms with E-state index in [9.17, 15) is 0 Å². The molecule has 1 N–H and O–H groups in total. The van der Waals surface area contributed by atoms with E-state index < -0.39 is 0 Å². The maximum Gasteiger partial charge on any atom is 0.00952 e. The zero-order chi connectivity index (χ0) is 12.5. The first-order chi connectivity index (χ1) is 8.31. The SMILES string of the molecule is CCCNC(CCC)C1CCC(CCC)CC1. The van der Waals surface area contributed by atoms with E-state index in [1.54, 1.807) is 0 Å². The van der Waals surface area contributed by atoms with Gasteiger partial charge in [0, 0.05) is 6.04 Å². The van der Waals surface area contributed by atoms with Gasteiger partial charge in [0.05, 0.1) is 0 Å². The standard InChI is InChI=1S/C16H33N/c1-4-7-14-9-11-15(12-10-14)16(8-5-2)17-13-6-3/h14-17H,4-13H2,1-3H3. The molecule has 0 heterocycles. The predicted octanol–water partition coefficient (Wildman–Crippen LogP) is 4.76. The smallest absolute Gasteiger partial charge is 0.00952 e. The maximum atomic E-state index is 3.79. The number of hydrogen-bond donors (Lipinski definition) is 1. The van der Waals surface area contributed by atoms with E-state index in [1.807, 2.05) is 0 Å². The van der Waals surface area contributed by atoms with E-state index in [0.29, 0.717) is 0 Å². The quantitative estimate of drug-likeness (QED) is 0.644. The van der Waals surface area contributed by atoms with Gasteiger partial charge in [-0.25, -0.2) is 0 Å². The number of hydrogen-bond acceptors (Lipinski definition) is 1. The fourth-order valence-corrected chi connectivity index (χ4v) is 3.43. The molecule has 0 saturated heterocycles. The Bertz CT molecular complexity index is 170. The molecule has 0 aromatic carbocycles. The third-order valence-electron chi connectivity index (χ3n) is 4.41. The third kappa shape index (κ3) is 5.42. The summed E-state index contributed by atoms with van der Waals surface area (Å²) in [6, 6.07) is 0.808. The summed E-state index contributed by atoms with van der Waals surface area (Å²) in [5.74, 6) is 2.01. The molecule has 0 aliphatic heterocycles. The van der Waals surface area contributed by atoms with Gasteiger partial charge >= 0.3 is 0 Å². The predicted molar refractivity (Wildman–Crippen MR) is 77.3 cm³/mol. The summed E-state index contributed by atoms with van der Waals surface area (Å²) in [6.45, 7) is 8.13. The van der Waals surface area contributed by atoms with Crippen molar-refractivity contribution >= 4 is 0 Å². The zero-order valence-electron chi connectivity index (χ0n) is 12.3. The van der Waals surface area contributed by atoms with Crippen molar-refractivity contribution in [3.05, 3.63) is 0 Å². The number of nitrogens with one attached hydrogen (secondary N) is 1. The van der Waals surface area contributed by atoms with Crippen LogP contribution in [0.3, 0.4) is 0 Å². The van der Waals surface area contributed by atoms with Crippen LogP contribution >= 0.6 is 0 Å². The van der Waals surface area contributed by atoms with Gasteiger partial charge in [-0.3, -0.25) is 0 Å². The van der Waals surface area contributed by atoms with Gasteiger partial charge < -0.3 is 5.32 Å². The fourth-order valence-electron chi connectivity index (χ4n) is 3.43. The molecule has 1 heteroatoms. The highest BCUT2D eigenvalue weighted by atomic mass is 14.9. The van der Waals surface area contributed by atoms with Crippen LogP contribution in [0.5, 0.6) is 0 Å². The van der Waals surface area contributed by atoms with Crippen LogP contribution in [0.25, 0.3) is 0 Å². The number of rotatable bonds is 8. The van der Waals surface area contributed by atoms with E-state index in [0.717, 1.165) is 17.9 Å². The molecule has 1 unspecified atom stereocenters. The summed E-state index contributed by atoms with van der Waals surface area (Å²) in [5.41, 5.74) is 0. The van der Waals surface area contributed by atoms with E-state index >= 15 is 0 Å². The molecule has 1 fully saturated rings. The highest BCUT2D eigenvalue weighted by molar-refractivity contribution is 4.81. The summed E-state index contributed by atoms with van der Waals surface area (Å²) in [5, 5.41) is 3.79. The summed E-state index contributed by atoms with van der Waals surface area (Å²) in [4.78, 5) is 0. The van der Waals surface area contributed by atoms with Crippen LogP contribution in [0.4, 0.5) is 0 Å². The molecule has 1 aliphatic carbocycles. The monoisotopic (exact) mass is 239 g/mol. The molecule has 0 aromatic rings. The van der Waals surface area contributed by atoms with Gasteiger partial charge in [0.2, 0.25) is 0 Å². The van der Waals surface area contributed by atoms with E-state index in [4.69, 9.17) is 0 Å². The highest BCUT2D eigenvalue weighted by Gasteiger charge is 2.26. The van der Waals surface area contributed by atoms with Crippen molar-refractivity contribution in [1.29, 1.82) is 0 Å². The van der Waals surface area contributed by atoms with Gasteiger partial charge in [-0.1, -0.05) is 52.9 Å². The van der Waals surface area contributed by atoms with Crippen molar-refractivity contribution in [3.63, 3.8) is 0 Å². The molecule has 0 amide bonds. The molecule has 1 saturated carbocycles. The summed E-state index contributed by atoms with van der Waals surface area (Å²) in [7, 11) is 0. The minimum atomic E-state index is 0.808. The van der Waals surface area contributed by atoms with Gasteiger partial charge in [-0.15, -0.1) is 0 Å². The Hall–Kier alpha value is -0.0400. The average Bonchev–Trinajstić information content (AvgIpc) is 2.36. The maximum absolute atomic E-state index is 3.79. The van der Waals surface area contributed by atoms with Crippen LogP contribution in [0.1, 0.15) is 78.6 Å². The summed E-state index contributed by atoms with van der Waals surface area (Å²) < 4.78 is 0. The second-order valence-corrected chi connectivity index (χ2v) is 5.92. The Morgan fingerprint density at radius 2 is 1.65 bits per heavy atom. The first-order valence-corrected chi connectivity index (χ1v) is 8.05. The van der Waals surface area contributed by atoms with Crippen LogP contribution in [0.15, 0.2) is 0 Å². The zero-order valence-corrected chi connectivity index (χ0v) is 12.3. The van der Waals surface area contributed by atoms with Crippen LogP contribution in [0, 0.1) is 11.8 Å². The normalized spacial score (nSPS) is 27.0. The first-order valence-electron chi connectivity index (χ1n) is 8.05. The molecule has 1 aliphatic rings. The molecular formula is C16H33N. The Labute approximate surface area is 109 Å². The molecule has 0 radical (unpaired) electrons. The lowest BCUT2D eigenvalue weighted by atomic mass is 9.76. The van der Waals surface area contributed by atoms with Crippen LogP contribution in [0.2, 0.25) is 0 Å². The molecule has 102 valence electrons. The highest BCUT2D eigenvalue weighted by Crippen LogP contribution is 2.34. The summed E-state index contributed by atoms with van der Waals surface area (Å²) >= 11 is 0. The van der Waals surface area contributed by atoms with Crippen LogP contribution < -0.4 is 5.32 Å². The summed E-state index contributed by atoms with van der Waals surface area (Å²) in [6.07, 6.45) is 12.8. The van der Waals surface area contributed by atoms with Crippen molar-refractivity contribution in [2.24, 2.45) is 11.8 Å². The second-order valence-electron chi connectivity index (χ2n) is 5.92. The molecule has 0 spiro atoms. The third-order valence-corrected chi connectivity index (χ3v) is 4.41.